The van der Waals surface area contributed by atoms with Gasteiger partial charge in [0.25, 0.3) is 0 Å². The summed E-state index contributed by atoms with van der Waals surface area (Å²) in [5, 5.41) is 1.07. The molecule has 0 aliphatic heterocycles. The highest BCUT2D eigenvalue weighted by atomic mass is 32.1. The van der Waals surface area contributed by atoms with Crippen LogP contribution in [0.1, 0.15) is 9.67 Å². The second-order valence-electron chi connectivity index (χ2n) is 4.93. The number of carbonyl (C=O) groups is 1. The SMILES string of the molecule is CN(C)c1cccc(OC(=O)c2cc3ccccc3s2)c1. The van der Waals surface area contributed by atoms with Crippen LogP contribution in [0.3, 0.4) is 0 Å². The van der Waals surface area contributed by atoms with E-state index in [0.29, 0.717) is 10.6 Å². The molecule has 0 radical (unpaired) electrons. The molecule has 106 valence electrons. The van der Waals surface area contributed by atoms with E-state index in [1.807, 2.05) is 67.5 Å². The number of thiophene rings is 1. The highest BCUT2D eigenvalue weighted by Gasteiger charge is 2.13. The van der Waals surface area contributed by atoms with Gasteiger partial charge in [0.2, 0.25) is 0 Å². The number of esters is 1. The lowest BCUT2D eigenvalue weighted by Crippen LogP contribution is -2.10. The molecule has 1 heterocycles. The van der Waals surface area contributed by atoms with Crippen molar-refractivity contribution in [3.8, 4) is 5.75 Å². The summed E-state index contributed by atoms with van der Waals surface area (Å²) in [6.45, 7) is 0. The van der Waals surface area contributed by atoms with Crippen LogP contribution in [0.5, 0.6) is 5.75 Å². The largest absolute Gasteiger partial charge is 0.422 e. The van der Waals surface area contributed by atoms with Crippen LogP contribution in [-0.4, -0.2) is 20.1 Å². The van der Waals surface area contributed by atoms with Crippen LogP contribution in [0, 0.1) is 0 Å². The topological polar surface area (TPSA) is 29.5 Å². The number of carbonyl (C=O) groups excluding carboxylic acids is 1. The number of hydrogen-bond donors (Lipinski definition) is 0. The molecule has 1 aromatic heterocycles. The standard InChI is InChI=1S/C17H15NO2S/c1-18(2)13-7-5-8-14(11-13)20-17(19)16-10-12-6-3-4-9-15(12)21-16/h3-11H,1-2H3. The molecule has 0 spiro atoms. The Hall–Kier alpha value is -2.33. The molecule has 0 atom stereocenters. The van der Waals surface area contributed by atoms with Crippen LogP contribution in [0.2, 0.25) is 0 Å². The predicted octanol–water partition coefficient (Wildman–Crippen LogP) is 4.19. The van der Waals surface area contributed by atoms with Crippen molar-refractivity contribution in [1.82, 2.24) is 0 Å². The fraction of sp³-hybridized carbons (Fsp3) is 0.118. The van der Waals surface area contributed by atoms with E-state index in [-0.39, 0.29) is 5.97 Å². The van der Waals surface area contributed by atoms with Crippen molar-refractivity contribution in [2.75, 3.05) is 19.0 Å². The quantitative estimate of drug-likeness (QED) is 0.536. The van der Waals surface area contributed by atoms with Crippen LogP contribution in [-0.2, 0) is 0 Å². The highest BCUT2D eigenvalue weighted by molar-refractivity contribution is 7.20. The Morgan fingerprint density at radius 3 is 2.62 bits per heavy atom. The van der Waals surface area contributed by atoms with E-state index in [1.165, 1.54) is 11.3 Å². The van der Waals surface area contributed by atoms with Gasteiger partial charge in [-0.15, -0.1) is 11.3 Å². The van der Waals surface area contributed by atoms with Crippen molar-refractivity contribution in [3.63, 3.8) is 0 Å². The molecule has 21 heavy (non-hydrogen) atoms. The Morgan fingerprint density at radius 2 is 1.86 bits per heavy atom. The van der Waals surface area contributed by atoms with Crippen molar-refractivity contribution in [3.05, 3.63) is 59.5 Å². The van der Waals surface area contributed by atoms with Gasteiger partial charge in [0, 0.05) is 30.5 Å². The lowest BCUT2D eigenvalue weighted by molar-refractivity contribution is 0.0740. The summed E-state index contributed by atoms with van der Waals surface area (Å²) in [6, 6.07) is 17.3. The Balaban J connectivity index is 1.84. The molecule has 0 fully saturated rings. The summed E-state index contributed by atoms with van der Waals surface area (Å²) in [6.07, 6.45) is 0. The van der Waals surface area contributed by atoms with Crippen molar-refractivity contribution >= 4 is 33.1 Å². The predicted molar refractivity (Wildman–Crippen MR) is 87.6 cm³/mol. The zero-order chi connectivity index (χ0) is 14.8. The van der Waals surface area contributed by atoms with Gasteiger partial charge < -0.3 is 9.64 Å². The molecule has 3 rings (SSSR count). The fourth-order valence-electron chi connectivity index (χ4n) is 2.06. The van der Waals surface area contributed by atoms with Crippen molar-refractivity contribution in [2.45, 2.75) is 0 Å². The maximum atomic E-state index is 12.2. The van der Waals surface area contributed by atoms with Gasteiger partial charge in [0.05, 0.1) is 0 Å². The van der Waals surface area contributed by atoms with Crippen molar-refractivity contribution < 1.29 is 9.53 Å². The molecular formula is C17H15NO2S. The first-order valence-corrected chi connectivity index (χ1v) is 7.43. The van der Waals surface area contributed by atoms with E-state index in [0.717, 1.165) is 15.8 Å². The molecule has 0 unspecified atom stereocenters. The fourth-order valence-corrected chi connectivity index (χ4v) is 3.00. The van der Waals surface area contributed by atoms with Crippen molar-refractivity contribution in [2.24, 2.45) is 0 Å². The van der Waals surface area contributed by atoms with Crippen LogP contribution in [0.4, 0.5) is 5.69 Å². The number of anilines is 1. The third kappa shape index (κ3) is 2.90. The molecule has 0 bridgehead atoms. The third-order valence-corrected chi connectivity index (χ3v) is 4.27. The van der Waals surface area contributed by atoms with Crippen LogP contribution in [0.15, 0.2) is 54.6 Å². The molecule has 0 saturated heterocycles. The van der Waals surface area contributed by atoms with E-state index in [4.69, 9.17) is 4.74 Å². The second-order valence-corrected chi connectivity index (χ2v) is 6.01. The van der Waals surface area contributed by atoms with Gasteiger partial charge in [-0.05, 0) is 29.7 Å². The zero-order valence-electron chi connectivity index (χ0n) is 11.9. The molecular weight excluding hydrogens is 282 g/mol. The molecule has 0 amide bonds. The van der Waals surface area contributed by atoms with Crippen LogP contribution >= 0.6 is 11.3 Å². The summed E-state index contributed by atoms with van der Waals surface area (Å²) < 4.78 is 6.55. The number of nitrogens with zero attached hydrogens (tertiary/aromatic N) is 1. The maximum absolute atomic E-state index is 12.2. The monoisotopic (exact) mass is 297 g/mol. The summed E-state index contributed by atoms with van der Waals surface area (Å²) in [4.78, 5) is 14.8. The summed E-state index contributed by atoms with van der Waals surface area (Å²) in [5.74, 6) is 0.246. The number of fused-ring (bicyclic) bond motifs is 1. The summed E-state index contributed by atoms with van der Waals surface area (Å²) >= 11 is 1.45. The molecule has 0 saturated carbocycles. The van der Waals surface area contributed by atoms with Gasteiger partial charge >= 0.3 is 5.97 Å². The van der Waals surface area contributed by atoms with E-state index in [2.05, 4.69) is 0 Å². The minimum absolute atomic E-state index is 0.313. The first-order chi connectivity index (χ1) is 10.1. The Bertz CT molecular complexity index is 759. The van der Waals surface area contributed by atoms with Crippen LogP contribution < -0.4 is 9.64 Å². The minimum Gasteiger partial charge on any atom is -0.422 e. The summed E-state index contributed by atoms with van der Waals surface area (Å²) in [5.41, 5.74) is 0.997. The molecule has 0 aliphatic rings. The number of rotatable bonds is 3. The maximum Gasteiger partial charge on any atom is 0.353 e. The number of ether oxygens (including phenoxy) is 1. The lowest BCUT2D eigenvalue weighted by atomic mass is 10.2. The smallest absolute Gasteiger partial charge is 0.353 e. The Kier molecular flexibility index (Phi) is 3.62. The van der Waals surface area contributed by atoms with Gasteiger partial charge in [0.15, 0.2) is 0 Å². The first kappa shape index (κ1) is 13.6. The molecule has 0 N–H and O–H groups in total. The minimum atomic E-state index is -0.313. The summed E-state index contributed by atoms with van der Waals surface area (Å²) in [7, 11) is 3.90. The van der Waals surface area contributed by atoms with Crippen LogP contribution in [0.25, 0.3) is 10.1 Å². The van der Waals surface area contributed by atoms with E-state index >= 15 is 0 Å². The normalized spacial score (nSPS) is 10.6. The first-order valence-electron chi connectivity index (χ1n) is 6.61. The average molecular weight is 297 g/mol. The average Bonchev–Trinajstić information content (AvgIpc) is 2.91. The molecule has 2 aromatic carbocycles. The number of benzene rings is 2. The van der Waals surface area contributed by atoms with Gasteiger partial charge in [-0.25, -0.2) is 4.79 Å². The highest BCUT2D eigenvalue weighted by Crippen LogP contribution is 2.27. The van der Waals surface area contributed by atoms with E-state index in [1.54, 1.807) is 6.07 Å². The van der Waals surface area contributed by atoms with Gasteiger partial charge in [0.1, 0.15) is 10.6 Å². The third-order valence-electron chi connectivity index (χ3n) is 3.17. The lowest BCUT2D eigenvalue weighted by Gasteiger charge is -2.13. The molecule has 3 aromatic rings. The zero-order valence-corrected chi connectivity index (χ0v) is 12.7. The van der Waals surface area contributed by atoms with Crippen molar-refractivity contribution in [1.29, 1.82) is 0 Å². The second kappa shape index (κ2) is 5.58. The Morgan fingerprint density at radius 1 is 1.05 bits per heavy atom. The molecule has 0 aliphatic carbocycles. The van der Waals surface area contributed by atoms with E-state index < -0.39 is 0 Å². The van der Waals surface area contributed by atoms with E-state index in [9.17, 15) is 4.79 Å². The Labute approximate surface area is 127 Å². The van der Waals surface area contributed by atoms with Gasteiger partial charge in [-0.1, -0.05) is 24.3 Å². The molecule has 3 nitrogen and oxygen atoms in total. The number of hydrogen-bond acceptors (Lipinski definition) is 4. The van der Waals surface area contributed by atoms with Gasteiger partial charge in [-0.2, -0.15) is 0 Å². The van der Waals surface area contributed by atoms with Gasteiger partial charge in [-0.3, -0.25) is 0 Å². The molecule has 4 heteroatoms.